The normalized spacial score (nSPS) is 16.7. The number of methoxy groups -OCH3 is 1. The third-order valence-corrected chi connectivity index (χ3v) is 4.44. The summed E-state index contributed by atoms with van der Waals surface area (Å²) in [6.45, 7) is 0.544. The highest BCUT2D eigenvalue weighted by Gasteiger charge is 2.28. The molecule has 0 bridgehead atoms. The molecule has 0 spiro atoms. The van der Waals surface area contributed by atoms with Crippen LogP contribution < -0.4 is 10.1 Å². The first-order valence-corrected chi connectivity index (χ1v) is 8.17. The van der Waals surface area contributed by atoms with Crippen molar-refractivity contribution in [2.75, 3.05) is 13.7 Å². The summed E-state index contributed by atoms with van der Waals surface area (Å²) in [7, 11) is 1.66. The molecule has 0 unspecified atom stereocenters. The van der Waals surface area contributed by atoms with Crippen molar-refractivity contribution in [2.45, 2.75) is 12.3 Å². The van der Waals surface area contributed by atoms with Crippen molar-refractivity contribution in [1.82, 2.24) is 20.3 Å². The van der Waals surface area contributed by atoms with Crippen LogP contribution in [0.2, 0.25) is 0 Å². The Bertz CT molecular complexity index is 905. The Morgan fingerprint density at radius 2 is 2.00 bits per heavy atom. The molecule has 0 fully saturated rings. The van der Waals surface area contributed by atoms with Crippen LogP contribution in [0.3, 0.4) is 0 Å². The molecule has 0 saturated carbocycles. The lowest BCUT2D eigenvalue weighted by atomic mass is 9.93. The Labute approximate surface area is 145 Å². The Morgan fingerprint density at radius 1 is 1.16 bits per heavy atom. The first kappa shape index (κ1) is 15.4. The molecular formula is C19H18N4O2. The lowest BCUT2D eigenvalue weighted by molar-refractivity contribution is 0.0950. The van der Waals surface area contributed by atoms with E-state index in [4.69, 9.17) is 4.74 Å². The summed E-state index contributed by atoms with van der Waals surface area (Å²) in [4.78, 5) is 24.5. The third-order valence-electron chi connectivity index (χ3n) is 4.44. The number of H-pyrrole nitrogens is 1. The van der Waals surface area contributed by atoms with E-state index in [1.54, 1.807) is 13.3 Å². The number of aromatic nitrogens is 3. The second kappa shape index (κ2) is 6.39. The van der Waals surface area contributed by atoms with Crippen molar-refractivity contribution >= 4 is 5.91 Å². The fourth-order valence-corrected chi connectivity index (χ4v) is 3.21. The Balaban J connectivity index is 1.72. The predicted octanol–water partition coefficient (Wildman–Crippen LogP) is 2.55. The lowest BCUT2D eigenvalue weighted by Crippen LogP contribution is -2.26. The van der Waals surface area contributed by atoms with Crippen molar-refractivity contribution in [3.8, 4) is 17.3 Å². The molecule has 1 aliphatic rings. The second-order valence-electron chi connectivity index (χ2n) is 5.98. The highest BCUT2D eigenvalue weighted by Crippen LogP contribution is 2.31. The zero-order valence-corrected chi connectivity index (χ0v) is 13.8. The van der Waals surface area contributed by atoms with Crippen molar-refractivity contribution < 1.29 is 9.53 Å². The summed E-state index contributed by atoms with van der Waals surface area (Å²) in [6.07, 6.45) is 2.38. The van der Waals surface area contributed by atoms with Gasteiger partial charge in [0.1, 0.15) is 17.1 Å². The van der Waals surface area contributed by atoms with Crippen molar-refractivity contribution in [2.24, 2.45) is 0 Å². The van der Waals surface area contributed by atoms with Gasteiger partial charge in [-0.3, -0.25) is 9.78 Å². The van der Waals surface area contributed by atoms with E-state index >= 15 is 0 Å². The average Bonchev–Trinajstić information content (AvgIpc) is 3.03. The van der Waals surface area contributed by atoms with Gasteiger partial charge >= 0.3 is 0 Å². The number of carbonyl (C=O) groups excluding carboxylic acids is 1. The van der Waals surface area contributed by atoms with Crippen LogP contribution in [0.25, 0.3) is 11.5 Å². The molecule has 2 N–H and O–H groups in total. The molecule has 126 valence electrons. The van der Waals surface area contributed by atoms with E-state index in [1.807, 2.05) is 42.5 Å². The Kier molecular flexibility index (Phi) is 3.93. The van der Waals surface area contributed by atoms with Gasteiger partial charge in [-0.15, -0.1) is 0 Å². The number of nitrogens with one attached hydrogen (secondary N) is 2. The minimum Gasteiger partial charge on any atom is -0.496 e. The average molecular weight is 334 g/mol. The van der Waals surface area contributed by atoms with E-state index in [0.717, 1.165) is 22.7 Å². The van der Waals surface area contributed by atoms with Crippen LogP contribution in [-0.4, -0.2) is 34.5 Å². The molecule has 25 heavy (non-hydrogen) atoms. The summed E-state index contributed by atoms with van der Waals surface area (Å²) in [5.41, 5.74) is 3.06. The van der Waals surface area contributed by atoms with E-state index in [0.29, 0.717) is 24.5 Å². The van der Waals surface area contributed by atoms with Crippen LogP contribution in [0.5, 0.6) is 5.75 Å². The number of ether oxygens (including phenoxy) is 1. The van der Waals surface area contributed by atoms with Gasteiger partial charge in [0.05, 0.1) is 7.11 Å². The number of benzene rings is 1. The summed E-state index contributed by atoms with van der Waals surface area (Å²) in [5.74, 6) is 1.39. The van der Waals surface area contributed by atoms with E-state index in [-0.39, 0.29) is 11.8 Å². The molecule has 4 rings (SSSR count). The Hall–Kier alpha value is -3.15. The third kappa shape index (κ3) is 2.87. The molecular weight excluding hydrogens is 316 g/mol. The molecule has 1 amide bonds. The highest BCUT2D eigenvalue weighted by atomic mass is 16.5. The smallest absolute Gasteiger partial charge is 0.271 e. The van der Waals surface area contributed by atoms with Gasteiger partial charge in [0.25, 0.3) is 5.91 Å². The SMILES string of the molecule is COc1ccccc1[C@H]1CNC(=O)c2nc(-c3ccccn3)[nH]c2C1. The van der Waals surface area contributed by atoms with Crippen molar-refractivity contribution in [3.05, 3.63) is 65.6 Å². The topological polar surface area (TPSA) is 79.9 Å². The van der Waals surface area contributed by atoms with E-state index in [2.05, 4.69) is 20.3 Å². The fraction of sp³-hybridized carbons (Fsp3) is 0.211. The largest absolute Gasteiger partial charge is 0.496 e. The second-order valence-corrected chi connectivity index (χ2v) is 5.98. The molecule has 2 aromatic heterocycles. The molecule has 0 radical (unpaired) electrons. The lowest BCUT2D eigenvalue weighted by Gasteiger charge is -2.17. The number of fused-ring (bicyclic) bond motifs is 1. The van der Waals surface area contributed by atoms with E-state index in [9.17, 15) is 4.79 Å². The number of imidazole rings is 1. The number of amides is 1. The van der Waals surface area contributed by atoms with Crippen LogP contribution in [0.4, 0.5) is 0 Å². The van der Waals surface area contributed by atoms with Gasteiger partial charge < -0.3 is 15.0 Å². The van der Waals surface area contributed by atoms with Gasteiger partial charge in [-0.2, -0.15) is 0 Å². The van der Waals surface area contributed by atoms with E-state index in [1.165, 1.54) is 0 Å². The van der Waals surface area contributed by atoms with Crippen LogP contribution in [0, 0.1) is 0 Å². The van der Waals surface area contributed by atoms with Crippen LogP contribution in [-0.2, 0) is 6.42 Å². The maximum absolute atomic E-state index is 12.4. The summed E-state index contributed by atoms with van der Waals surface area (Å²) in [5, 5.41) is 2.97. The Morgan fingerprint density at radius 3 is 2.80 bits per heavy atom. The standard InChI is InChI=1S/C19H18N4O2/c1-25-16-8-3-2-6-13(16)12-10-15-17(19(24)21-11-12)23-18(22-15)14-7-4-5-9-20-14/h2-9,12H,10-11H2,1H3,(H,21,24)(H,22,23)/t12-/m1/s1. The number of hydrogen-bond acceptors (Lipinski definition) is 4. The number of para-hydroxylation sites is 1. The number of aromatic amines is 1. The summed E-state index contributed by atoms with van der Waals surface area (Å²) >= 11 is 0. The highest BCUT2D eigenvalue weighted by molar-refractivity contribution is 5.94. The first-order valence-electron chi connectivity index (χ1n) is 8.17. The van der Waals surface area contributed by atoms with Crippen molar-refractivity contribution in [3.63, 3.8) is 0 Å². The molecule has 0 aliphatic carbocycles. The maximum atomic E-state index is 12.4. The minimum absolute atomic E-state index is 0.110. The first-order chi connectivity index (χ1) is 12.3. The molecule has 6 heteroatoms. The summed E-state index contributed by atoms with van der Waals surface area (Å²) < 4.78 is 5.48. The van der Waals surface area contributed by atoms with Crippen LogP contribution in [0.15, 0.2) is 48.7 Å². The quantitative estimate of drug-likeness (QED) is 0.771. The molecule has 3 aromatic rings. The molecule has 1 aliphatic heterocycles. The molecule has 0 saturated heterocycles. The van der Waals surface area contributed by atoms with Gasteiger partial charge in [0.15, 0.2) is 5.82 Å². The van der Waals surface area contributed by atoms with Gasteiger partial charge in [0, 0.05) is 24.4 Å². The number of rotatable bonds is 3. The molecule has 6 nitrogen and oxygen atoms in total. The predicted molar refractivity (Wildman–Crippen MR) is 93.6 cm³/mol. The van der Waals surface area contributed by atoms with Gasteiger partial charge in [-0.05, 0) is 30.2 Å². The van der Waals surface area contributed by atoms with E-state index < -0.39 is 0 Å². The maximum Gasteiger partial charge on any atom is 0.271 e. The monoisotopic (exact) mass is 334 g/mol. The zero-order valence-electron chi connectivity index (χ0n) is 13.8. The number of hydrogen-bond donors (Lipinski definition) is 2. The van der Waals surface area contributed by atoms with Gasteiger partial charge in [-0.1, -0.05) is 24.3 Å². The molecule has 1 atom stereocenters. The van der Waals surface area contributed by atoms with Gasteiger partial charge in [0.2, 0.25) is 0 Å². The van der Waals surface area contributed by atoms with Gasteiger partial charge in [-0.25, -0.2) is 4.98 Å². The van der Waals surface area contributed by atoms with Crippen LogP contribution in [0.1, 0.15) is 27.7 Å². The number of carbonyl (C=O) groups is 1. The number of pyridine rings is 1. The molecule has 3 heterocycles. The van der Waals surface area contributed by atoms with Crippen LogP contribution >= 0.6 is 0 Å². The number of nitrogens with zero attached hydrogens (tertiary/aromatic N) is 2. The fourth-order valence-electron chi connectivity index (χ4n) is 3.21. The minimum atomic E-state index is -0.161. The zero-order chi connectivity index (χ0) is 17.2. The van der Waals surface area contributed by atoms with Crippen molar-refractivity contribution in [1.29, 1.82) is 0 Å². The summed E-state index contributed by atoms with van der Waals surface area (Å²) in [6, 6.07) is 13.5. The molecule has 1 aromatic carbocycles.